The van der Waals surface area contributed by atoms with Gasteiger partial charge in [-0.3, -0.25) is 14.2 Å². The fourth-order valence-corrected chi connectivity index (χ4v) is 5.15. The van der Waals surface area contributed by atoms with Gasteiger partial charge in [-0.15, -0.1) is 0 Å². The van der Waals surface area contributed by atoms with Crippen LogP contribution in [0.3, 0.4) is 0 Å². The zero-order valence-corrected chi connectivity index (χ0v) is 16.2. The monoisotopic (exact) mass is 416 g/mol. The molecule has 0 saturated heterocycles. The Kier molecular flexibility index (Phi) is 3.90. The molecule has 2 aliphatic heterocycles. The summed E-state index contributed by atoms with van der Waals surface area (Å²) in [5.74, 6) is -2.17. The fourth-order valence-electron chi connectivity index (χ4n) is 4.99. The molecule has 1 amide bonds. The summed E-state index contributed by atoms with van der Waals surface area (Å²) in [5.41, 5.74) is 0.566. The molecule has 1 saturated carbocycles. The van der Waals surface area contributed by atoms with Crippen molar-refractivity contribution in [2.45, 2.75) is 50.1 Å². The number of carboxylic acid groups (broad SMARTS) is 1. The van der Waals surface area contributed by atoms with Crippen molar-refractivity contribution < 1.29 is 19.1 Å². The number of pyridine rings is 1. The number of nitrogens with zero attached hydrogens (tertiary/aromatic N) is 1. The van der Waals surface area contributed by atoms with Gasteiger partial charge in [0.15, 0.2) is 0 Å². The molecular weight excluding hydrogens is 399 g/mol. The Morgan fingerprint density at radius 3 is 2.69 bits per heavy atom. The second kappa shape index (κ2) is 6.16. The van der Waals surface area contributed by atoms with Crippen LogP contribution in [0.4, 0.5) is 4.39 Å². The average Bonchev–Trinajstić information content (AvgIpc) is 3.07. The van der Waals surface area contributed by atoms with E-state index < -0.39 is 28.9 Å². The van der Waals surface area contributed by atoms with Gasteiger partial charge in [0, 0.05) is 28.4 Å². The van der Waals surface area contributed by atoms with Gasteiger partial charge in [0.1, 0.15) is 11.9 Å². The van der Waals surface area contributed by atoms with Crippen molar-refractivity contribution in [3.8, 4) is 11.1 Å². The normalized spacial score (nSPS) is 21.3. The molecule has 0 radical (unpaired) electrons. The zero-order chi connectivity index (χ0) is 20.5. The van der Waals surface area contributed by atoms with Crippen molar-refractivity contribution in [2.75, 3.05) is 0 Å². The van der Waals surface area contributed by atoms with E-state index in [-0.39, 0.29) is 40.5 Å². The molecule has 29 heavy (non-hydrogen) atoms. The van der Waals surface area contributed by atoms with Crippen LogP contribution in [0.2, 0.25) is 5.02 Å². The third kappa shape index (κ3) is 2.56. The first-order valence-electron chi connectivity index (χ1n) is 9.62. The highest BCUT2D eigenvalue weighted by molar-refractivity contribution is 6.31. The topological polar surface area (TPSA) is 88.4 Å². The Balaban J connectivity index is 1.85. The number of halogens is 2. The van der Waals surface area contributed by atoms with Crippen LogP contribution in [-0.2, 0) is 17.6 Å². The maximum absolute atomic E-state index is 15.2. The van der Waals surface area contributed by atoms with E-state index in [2.05, 4.69) is 5.32 Å². The van der Waals surface area contributed by atoms with E-state index in [4.69, 9.17) is 11.6 Å². The number of carbonyl (C=O) groups excluding carboxylic acids is 1. The lowest BCUT2D eigenvalue weighted by Crippen LogP contribution is -2.56. The maximum atomic E-state index is 15.2. The largest absolute Gasteiger partial charge is 0.480 e. The van der Waals surface area contributed by atoms with E-state index >= 15 is 4.39 Å². The molecule has 2 N–H and O–H groups in total. The van der Waals surface area contributed by atoms with Gasteiger partial charge < -0.3 is 10.4 Å². The number of hydrogen-bond donors (Lipinski definition) is 2. The molecule has 5 rings (SSSR count). The summed E-state index contributed by atoms with van der Waals surface area (Å²) in [6, 6.07) is 3.39. The minimum absolute atomic E-state index is 0.0812. The van der Waals surface area contributed by atoms with E-state index in [1.807, 2.05) is 0 Å². The predicted octanol–water partition coefficient (Wildman–Crippen LogP) is 3.09. The second-order valence-electron chi connectivity index (χ2n) is 8.14. The van der Waals surface area contributed by atoms with Crippen LogP contribution >= 0.6 is 11.6 Å². The molecule has 2 aromatic rings. The van der Waals surface area contributed by atoms with Crippen molar-refractivity contribution in [1.29, 1.82) is 0 Å². The predicted molar refractivity (Wildman–Crippen MR) is 104 cm³/mol. The SMILES string of the molecule is O=C1NC2(CCC2)Cc2ccc(Cl)c(F)c2-c2cc(=O)n3c(c21)CCC3C(=O)O. The Morgan fingerprint density at radius 2 is 2.03 bits per heavy atom. The molecule has 6 nitrogen and oxygen atoms in total. The van der Waals surface area contributed by atoms with Crippen molar-refractivity contribution >= 4 is 23.5 Å². The minimum Gasteiger partial charge on any atom is -0.480 e. The van der Waals surface area contributed by atoms with Gasteiger partial charge in [0.2, 0.25) is 0 Å². The first-order valence-corrected chi connectivity index (χ1v) is 10.0. The molecule has 1 spiro atoms. The van der Waals surface area contributed by atoms with Gasteiger partial charge in [-0.2, -0.15) is 0 Å². The summed E-state index contributed by atoms with van der Waals surface area (Å²) in [5, 5.41) is 12.5. The molecule has 1 aliphatic carbocycles. The van der Waals surface area contributed by atoms with Crippen LogP contribution < -0.4 is 10.9 Å². The molecule has 3 heterocycles. The number of aromatic nitrogens is 1. The number of nitrogens with one attached hydrogen (secondary N) is 1. The number of aliphatic carboxylic acids is 1. The lowest BCUT2D eigenvalue weighted by Gasteiger charge is -2.44. The first-order chi connectivity index (χ1) is 13.8. The van der Waals surface area contributed by atoms with Gasteiger partial charge >= 0.3 is 5.97 Å². The van der Waals surface area contributed by atoms with Crippen LogP contribution in [0.1, 0.15) is 53.3 Å². The molecule has 1 fully saturated rings. The van der Waals surface area contributed by atoms with Crippen LogP contribution in [0, 0.1) is 5.82 Å². The lowest BCUT2D eigenvalue weighted by atomic mass is 9.70. The van der Waals surface area contributed by atoms with Crippen molar-refractivity contribution in [1.82, 2.24) is 9.88 Å². The lowest BCUT2D eigenvalue weighted by molar-refractivity contribution is -0.140. The zero-order valence-electron chi connectivity index (χ0n) is 15.4. The molecule has 0 bridgehead atoms. The first kappa shape index (κ1) is 18.4. The van der Waals surface area contributed by atoms with Crippen LogP contribution in [0.15, 0.2) is 23.0 Å². The van der Waals surface area contributed by atoms with Crippen molar-refractivity contribution in [2.24, 2.45) is 0 Å². The van der Waals surface area contributed by atoms with Crippen molar-refractivity contribution in [3.05, 3.63) is 56.2 Å². The highest BCUT2D eigenvalue weighted by Gasteiger charge is 2.43. The number of hydrogen-bond acceptors (Lipinski definition) is 3. The van der Waals surface area contributed by atoms with Crippen LogP contribution in [0.25, 0.3) is 11.1 Å². The Morgan fingerprint density at radius 1 is 1.28 bits per heavy atom. The highest BCUT2D eigenvalue weighted by Crippen LogP contribution is 2.43. The summed E-state index contributed by atoms with van der Waals surface area (Å²) in [4.78, 5) is 37.7. The highest BCUT2D eigenvalue weighted by atomic mass is 35.5. The number of fused-ring (bicyclic) bond motifs is 5. The van der Waals surface area contributed by atoms with Crippen molar-refractivity contribution in [3.63, 3.8) is 0 Å². The number of benzene rings is 1. The quantitative estimate of drug-likeness (QED) is 0.747. The Labute approximate surface area is 170 Å². The summed E-state index contributed by atoms with van der Waals surface area (Å²) < 4.78 is 16.4. The van der Waals surface area contributed by atoms with E-state index in [1.54, 1.807) is 6.07 Å². The standard InChI is InChI=1S/C21H18ClFN2O4/c22-12-3-2-10-9-21(6-1-7-21)24-19(27)17-11(16(10)18(12)23)8-15(26)25-13(17)4-5-14(25)20(28)29/h2-3,8,14H,1,4-7,9H2,(H,24,27)(H,28,29). The van der Waals surface area contributed by atoms with Gasteiger partial charge in [-0.1, -0.05) is 17.7 Å². The van der Waals surface area contributed by atoms with E-state index in [1.165, 1.54) is 12.1 Å². The molecule has 150 valence electrons. The molecule has 1 aromatic carbocycles. The third-order valence-corrected chi connectivity index (χ3v) is 6.79. The number of carbonyl (C=O) groups is 2. The Hall–Kier alpha value is -2.67. The summed E-state index contributed by atoms with van der Waals surface area (Å²) in [7, 11) is 0. The maximum Gasteiger partial charge on any atom is 0.326 e. The fraction of sp³-hybridized carbons (Fsp3) is 0.381. The number of amides is 1. The van der Waals surface area contributed by atoms with Gasteiger partial charge in [0.25, 0.3) is 11.5 Å². The molecule has 1 atom stereocenters. The van der Waals surface area contributed by atoms with E-state index in [9.17, 15) is 19.5 Å². The molecule has 3 aliphatic rings. The van der Waals surface area contributed by atoms with E-state index in [0.29, 0.717) is 17.7 Å². The summed E-state index contributed by atoms with van der Waals surface area (Å²) in [6.45, 7) is 0. The van der Waals surface area contributed by atoms with Crippen LogP contribution in [-0.4, -0.2) is 27.1 Å². The summed E-state index contributed by atoms with van der Waals surface area (Å²) in [6.07, 6.45) is 3.45. The van der Waals surface area contributed by atoms with Crippen LogP contribution in [0.5, 0.6) is 0 Å². The molecular formula is C21H18ClFN2O4. The molecule has 1 aromatic heterocycles. The molecule has 1 unspecified atom stereocenters. The smallest absolute Gasteiger partial charge is 0.326 e. The number of rotatable bonds is 1. The van der Waals surface area contributed by atoms with E-state index in [0.717, 1.165) is 23.8 Å². The van der Waals surface area contributed by atoms with Gasteiger partial charge in [-0.25, -0.2) is 9.18 Å². The number of carboxylic acids is 1. The second-order valence-corrected chi connectivity index (χ2v) is 8.55. The molecule has 8 heteroatoms. The van der Waals surface area contributed by atoms with Gasteiger partial charge in [-0.05, 0) is 50.2 Å². The summed E-state index contributed by atoms with van der Waals surface area (Å²) >= 11 is 6.05. The average molecular weight is 417 g/mol. The Bertz CT molecular complexity index is 1150. The third-order valence-electron chi connectivity index (χ3n) is 6.50. The minimum atomic E-state index is -1.12. The van der Waals surface area contributed by atoms with Gasteiger partial charge in [0.05, 0.1) is 10.6 Å².